The maximum absolute atomic E-state index is 12.2. The molecule has 0 bridgehead atoms. The van der Waals surface area contributed by atoms with E-state index in [1.54, 1.807) is 3.96 Å². The number of aryl methyl sites for hydroxylation is 2. The van der Waals surface area contributed by atoms with Gasteiger partial charge in [0.1, 0.15) is 0 Å². The maximum atomic E-state index is 12.2. The topological polar surface area (TPSA) is 51.1 Å². The second-order valence-electron chi connectivity index (χ2n) is 5.86. The molecule has 0 spiro atoms. The van der Waals surface area contributed by atoms with Crippen molar-refractivity contribution in [3.05, 3.63) is 70.0 Å². The first-order valence-corrected chi connectivity index (χ1v) is 8.82. The van der Waals surface area contributed by atoms with Crippen molar-refractivity contribution in [1.29, 1.82) is 0 Å². The molecule has 1 heterocycles. The number of hydrogen-bond donors (Lipinski definition) is 1. The van der Waals surface area contributed by atoms with E-state index in [0.717, 1.165) is 15.6 Å². The lowest BCUT2D eigenvalue weighted by molar-refractivity contribution is -0.121. The van der Waals surface area contributed by atoms with Crippen LogP contribution in [-0.4, -0.2) is 9.86 Å². The van der Waals surface area contributed by atoms with E-state index in [9.17, 15) is 9.59 Å². The van der Waals surface area contributed by atoms with Crippen LogP contribution in [0.4, 0.5) is 0 Å². The van der Waals surface area contributed by atoms with Crippen molar-refractivity contribution in [2.75, 3.05) is 0 Å². The summed E-state index contributed by atoms with van der Waals surface area (Å²) in [7, 11) is 0. The number of aromatic nitrogens is 1. The third kappa shape index (κ3) is 3.92. The van der Waals surface area contributed by atoms with Gasteiger partial charge in [-0.15, -0.1) is 0 Å². The summed E-state index contributed by atoms with van der Waals surface area (Å²) >= 11 is 1.46. The second kappa shape index (κ2) is 7.45. The number of rotatable bonds is 6. The quantitative estimate of drug-likeness (QED) is 0.747. The molecule has 0 fully saturated rings. The van der Waals surface area contributed by atoms with E-state index in [1.165, 1.54) is 17.1 Å². The third-order valence-electron chi connectivity index (χ3n) is 3.93. The lowest BCUT2D eigenvalue weighted by Gasteiger charge is -2.06. The summed E-state index contributed by atoms with van der Waals surface area (Å²) in [5.74, 6) is 0.0183. The highest BCUT2D eigenvalue weighted by Crippen LogP contribution is 2.16. The lowest BCUT2D eigenvalue weighted by atomic mass is 10.1. The molecule has 124 valence electrons. The zero-order valence-electron chi connectivity index (χ0n) is 13.6. The Morgan fingerprint density at radius 3 is 2.62 bits per heavy atom. The molecule has 5 heteroatoms. The predicted molar refractivity (Wildman–Crippen MR) is 98.3 cm³/mol. The molecule has 0 aliphatic heterocycles. The van der Waals surface area contributed by atoms with Crippen LogP contribution in [0.3, 0.4) is 0 Å². The first-order chi connectivity index (χ1) is 11.6. The number of benzene rings is 2. The smallest absolute Gasteiger partial charge is 0.268 e. The van der Waals surface area contributed by atoms with E-state index in [0.29, 0.717) is 25.9 Å². The molecule has 3 rings (SSSR count). The third-order valence-corrected chi connectivity index (χ3v) is 5.05. The minimum absolute atomic E-state index is 0.0183. The summed E-state index contributed by atoms with van der Waals surface area (Å²) < 4.78 is 2.73. The Hall–Kier alpha value is -2.40. The van der Waals surface area contributed by atoms with Gasteiger partial charge in [0.25, 0.3) is 5.56 Å². The van der Waals surface area contributed by atoms with E-state index >= 15 is 0 Å². The Morgan fingerprint density at radius 2 is 1.88 bits per heavy atom. The van der Waals surface area contributed by atoms with Crippen LogP contribution in [0.15, 0.2) is 53.3 Å². The molecule has 24 heavy (non-hydrogen) atoms. The molecule has 0 saturated carbocycles. The molecule has 2 aromatic carbocycles. The van der Waals surface area contributed by atoms with Crippen LogP contribution >= 0.6 is 11.5 Å². The fraction of sp³-hybridized carbons (Fsp3) is 0.263. The van der Waals surface area contributed by atoms with Crippen molar-refractivity contribution in [1.82, 2.24) is 9.27 Å². The van der Waals surface area contributed by atoms with Gasteiger partial charge in [0, 0.05) is 19.5 Å². The summed E-state index contributed by atoms with van der Waals surface area (Å²) in [6.07, 6.45) is 1.08. The highest BCUT2D eigenvalue weighted by atomic mass is 32.1. The standard InChI is InChI=1S/C19H20N2O2S/c1-14-8-10-15(11-9-14)13-20-18(22)7-4-12-21-19(23)16-5-2-3-6-17(16)24-21/h2-3,5-6,8-11H,4,7,12-13H2,1H3,(H,20,22). The van der Waals surface area contributed by atoms with Crippen molar-refractivity contribution >= 4 is 27.5 Å². The predicted octanol–water partition coefficient (Wildman–Crippen LogP) is 3.47. The van der Waals surface area contributed by atoms with Crippen LogP contribution in [0, 0.1) is 6.92 Å². The second-order valence-corrected chi connectivity index (χ2v) is 6.92. The molecular formula is C19H20N2O2S. The minimum Gasteiger partial charge on any atom is -0.352 e. The van der Waals surface area contributed by atoms with Gasteiger partial charge in [0.15, 0.2) is 0 Å². The lowest BCUT2D eigenvalue weighted by Crippen LogP contribution is -2.23. The molecule has 4 nitrogen and oxygen atoms in total. The van der Waals surface area contributed by atoms with Gasteiger partial charge in [0.2, 0.25) is 5.91 Å². The molecule has 1 N–H and O–H groups in total. The molecule has 0 radical (unpaired) electrons. The first-order valence-electron chi connectivity index (χ1n) is 8.04. The van der Waals surface area contributed by atoms with Crippen molar-refractivity contribution in [2.45, 2.75) is 32.9 Å². The van der Waals surface area contributed by atoms with Gasteiger partial charge in [-0.1, -0.05) is 53.5 Å². The molecule has 0 atom stereocenters. The van der Waals surface area contributed by atoms with Gasteiger partial charge in [-0.2, -0.15) is 0 Å². The van der Waals surface area contributed by atoms with Crippen LogP contribution in [0.5, 0.6) is 0 Å². The molecule has 0 saturated heterocycles. The summed E-state index contributed by atoms with van der Waals surface area (Å²) in [6.45, 7) is 3.16. The molecule has 1 aromatic heterocycles. The van der Waals surface area contributed by atoms with Crippen LogP contribution in [0.1, 0.15) is 24.0 Å². The molecule has 0 unspecified atom stereocenters. The molecule has 3 aromatic rings. The highest BCUT2D eigenvalue weighted by molar-refractivity contribution is 7.13. The van der Waals surface area contributed by atoms with Gasteiger partial charge in [-0.05, 0) is 31.0 Å². The zero-order valence-corrected chi connectivity index (χ0v) is 14.4. The van der Waals surface area contributed by atoms with Crippen LogP contribution < -0.4 is 10.9 Å². The molecule has 1 amide bonds. The van der Waals surface area contributed by atoms with E-state index in [-0.39, 0.29) is 11.5 Å². The van der Waals surface area contributed by atoms with Crippen LogP contribution in [0.2, 0.25) is 0 Å². The van der Waals surface area contributed by atoms with Gasteiger partial charge >= 0.3 is 0 Å². The summed E-state index contributed by atoms with van der Waals surface area (Å²) in [5.41, 5.74) is 2.34. The first kappa shape index (κ1) is 16.5. The Labute approximate surface area is 144 Å². The number of carbonyl (C=O) groups is 1. The fourth-order valence-corrected chi connectivity index (χ4v) is 3.58. The highest BCUT2D eigenvalue weighted by Gasteiger charge is 2.07. The zero-order chi connectivity index (χ0) is 16.9. The summed E-state index contributed by atoms with van der Waals surface area (Å²) in [5, 5.41) is 3.68. The average Bonchev–Trinajstić information content (AvgIpc) is 2.91. The van der Waals surface area contributed by atoms with Gasteiger partial charge in [0.05, 0.1) is 10.1 Å². The number of nitrogens with one attached hydrogen (secondary N) is 1. The Bertz CT molecular complexity index is 894. The maximum Gasteiger partial charge on any atom is 0.268 e. The van der Waals surface area contributed by atoms with Crippen LogP contribution in [0.25, 0.3) is 10.1 Å². The number of nitrogens with zero attached hydrogens (tertiary/aromatic N) is 1. The van der Waals surface area contributed by atoms with Crippen molar-refractivity contribution < 1.29 is 4.79 Å². The van der Waals surface area contributed by atoms with Crippen molar-refractivity contribution in [3.8, 4) is 0 Å². The van der Waals surface area contributed by atoms with E-state index in [4.69, 9.17) is 0 Å². The SMILES string of the molecule is Cc1ccc(CNC(=O)CCCn2sc3ccccc3c2=O)cc1. The monoisotopic (exact) mass is 340 g/mol. The van der Waals surface area contributed by atoms with Crippen molar-refractivity contribution in [3.63, 3.8) is 0 Å². The summed E-state index contributed by atoms with van der Waals surface area (Å²) in [6, 6.07) is 15.7. The normalized spacial score (nSPS) is 10.9. The van der Waals surface area contributed by atoms with Gasteiger partial charge < -0.3 is 5.32 Å². The number of amides is 1. The number of carbonyl (C=O) groups excluding carboxylic acids is 1. The largest absolute Gasteiger partial charge is 0.352 e. The van der Waals surface area contributed by atoms with Gasteiger partial charge in [-0.3, -0.25) is 13.5 Å². The van der Waals surface area contributed by atoms with E-state index in [1.807, 2.05) is 55.5 Å². The average molecular weight is 340 g/mol. The van der Waals surface area contributed by atoms with Crippen LogP contribution in [-0.2, 0) is 17.9 Å². The Morgan fingerprint density at radius 1 is 1.12 bits per heavy atom. The molecule has 0 aliphatic carbocycles. The minimum atomic E-state index is 0.0183. The number of hydrogen-bond acceptors (Lipinski definition) is 3. The number of fused-ring (bicyclic) bond motifs is 1. The Kier molecular flexibility index (Phi) is 5.11. The molecular weight excluding hydrogens is 320 g/mol. The summed E-state index contributed by atoms with van der Waals surface area (Å²) in [4.78, 5) is 24.2. The van der Waals surface area contributed by atoms with Gasteiger partial charge in [-0.25, -0.2) is 0 Å². The Balaban J connectivity index is 1.48. The van der Waals surface area contributed by atoms with E-state index in [2.05, 4.69) is 5.32 Å². The van der Waals surface area contributed by atoms with E-state index < -0.39 is 0 Å². The van der Waals surface area contributed by atoms with Crippen molar-refractivity contribution in [2.24, 2.45) is 0 Å². The molecule has 0 aliphatic rings. The fourth-order valence-electron chi connectivity index (χ4n) is 2.54.